The third kappa shape index (κ3) is 2.59. The minimum atomic E-state index is 0.319. The van der Waals surface area contributed by atoms with Crippen LogP contribution in [-0.2, 0) is 0 Å². The summed E-state index contributed by atoms with van der Waals surface area (Å²) in [6.45, 7) is 0.639. The van der Waals surface area contributed by atoms with Gasteiger partial charge in [0.25, 0.3) is 43.9 Å². The van der Waals surface area contributed by atoms with Gasteiger partial charge < -0.3 is 30.0 Å². The van der Waals surface area contributed by atoms with Crippen molar-refractivity contribution < 1.29 is 0 Å². The van der Waals surface area contributed by atoms with Gasteiger partial charge in [-0.25, -0.2) is 0 Å². The maximum absolute atomic E-state index is 3.42. The van der Waals surface area contributed by atoms with Crippen LogP contribution < -0.4 is 20.6 Å². The molecule has 0 aromatic carbocycles. The van der Waals surface area contributed by atoms with E-state index < -0.39 is 0 Å². The van der Waals surface area contributed by atoms with Crippen LogP contribution in [0.5, 0.6) is 0 Å². The Balaban J connectivity index is 1.78. The van der Waals surface area contributed by atoms with Crippen LogP contribution in [0.4, 0.5) is 0 Å². The molecule has 0 unspecified atom stereocenters. The number of rotatable bonds is 1. The van der Waals surface area contributed by atoms with Gasteiger partial charge in [-0.3, -0.25) is 0 Å². The van der Waals surface area contributed by atoms with E-state index in [0.29, 0.717) is 13.7 Å². The Morgan fingerprint density at radius 2 is 1.00 bits per heavy atom. The fraction of sp³-hybridized carbons (Fsp3) is 1.00. The zero-order valence-electron chi connectivity index (χ0n) is 8.88. The summed E-state index contributed by atoms with van der Waals surface area (Å²) in [7, 11) is 7.93. The van der Waals surface area contributed by atoms with E-state index in [1.165, 1.54) is 0 Å². The van der Waals surface area contributed by atoms with Crippen LogP contribution in [0.25, 0.3) is 0 Å². The van der Waals surface area contributed by atoms with Crippen LogP contribution >= 0.6 is 0 Å². The zero-order chi connectivity index (χ0) is 9.97. The molecule has 4 N–H and O–H groups in total. The molecule has 2 fully saturated rings. The van der Waals surface area contributed by atoms with Crippen molar-refractivity contribution in [3.05, 3.63) is 0 Å². The highest BCUT2D eigenvalue weighted by Gasteiger charge is 2.35. The quantitative estimate of drug-likeness (QED) is 0.307. The fourth-order valence-electron chi connectivity index (χ4n) is 1.74. The number of nitrogens with one attached hydrogen (secondary N) is 4. The molecule has 0 amide bonds. The summed E-state index contributed by atoms with van der Waals surface area (Å²) < 4.78 is 4.40. The van der Waals surface area contributed by atoms with Gasteiger partial charge in [0.1, 0.15) is 0 Å². The average molecular weight is 187 g/mol. The second-order valence-electron chi connectivity index (χ2n) is 4.12. The first-order valence-electron chi connectivity index (χ1n) is 5.06. The van der Waals surface area contributed by atoms with E-state index in [2.05, 4.69) is 44.1 Å². The van der Waals surface area contributed by atoms with Crippen LogP contribution in [-0.4, -0.2) is 67.5 Å². The van der Waals surface area contributed by atoms with E-state index in [1.807, 2.05) is 0 Å². The van der Waals surface area contributed by atoms with E-state index in [-0.39, 0.29) is 0 Å². The lowest BCUT2D eigenvalue weighted by molar-refractivity contribution is 0.801. The van der Waals surface area contributed by atoms with E-state index in [9.17, 15) is 0 Å². The summed E-state index contributed by atoms with van der Waals surface area (Å²) in [5.74, 6) is 0. The maximum Gasteiger partial charge on any atom is 0.284 e. The molecule has 6 nitrogen and oxygen atoms in total. The molecule has 0 radical (unpaired) electrons. The minimum Gasteiger partial charge on any atom is -0.378 e. The molecule has 0 atom stereocenters. The van der Waals surface area contributed by atoms with Gasteiger partial charge in [-0.15, -0.1) is 0 Å². The third-order valence-electron chi connectivity index (χ3n) is 2.66. The summed E-state index contributed by atoms with van der Waals surface area (Å²) in [5.41, 5.74) is 0. The normalized spacial score (nSPS) is 24.7. The first-order valence-corrected chi connectivity index (χ1v) is 5.06. The van der Waals surface area contributed by atoms with Crippen LogP contribution in [0, 0.1) is 0 Å². The molecular weight excluding hydrogens is 173 g/mol. The highest BCUT2D eigenvalue weighted by molar-refractivity contribution is 7.24. The van der Waals surface area contributed by atoms with E-state index in [0.717, 1.165) is 30.2 Å². The maximum atomic E-state index is 3.42. The van der Waals surface area contributed by atoms with Crippen LogP contribution in [0.1, 0.15) is 0 Å². The predicted octanol–water partition coefficient (Wildman–Crippen LogP) is -5.64. The van der Waals surface area contributed by atoms with Gasteiger partial charge in [0.05, 0.1) is 0 Å². The molecule has 2 rings (SSSR count). The van der Waals surface area contributed by atoms with E-state index in [4.69, 9.17) is 0 Å². The molecule has 0 spiro atoms. The topological polar surface area (TPSA) is 54.6 Å². The monoisotopic (exact) mass is 188 g/mol. The molecule has 2 saturated heterocycles. The molecule has 70 valence electrons. The largest absolute Gasteiger partial charge is 0.378 e. The third-order valence-corrected chi connectivity index (χ3v) is 2.66. The second kappa shape index (κ2) is 4.78. The van der Waals surface area contributed by atoms with Gasteiger partial charge in [-0.1, -0.05) is 0 Å². The molecular formula is C2H14B6N6. The van der Waals surface area contributed by atoms with Gasteiger partial charge in [-0.05, 0) is 14.1 Å². The predicted molar refractivity (Wildman–Crippen MR) is 68.2 cm³/mol. The summed E-state index contributed by atoms with van der Waals surface area (Å²) in [6.07, 6.45) is 0. The molecule has 0 aromatic heterocycles. The molecule has 12 heteroatoms. The van der Waals surface area contributed by atoms with Crippen molar-refractivity contribution in [2.45, 2.75) is 0 Å². The smallest absolute Gasteiger partial charge is 0.284 e. The summed E-state index contributed by atoms with van der Waals surface area (Å²) in [6, 6.07) is 0. The lowest BCUT2D eigenvalue weighted by Crippen LogP contribution is -2.80. The van der Waals surface area contributed by atoms with Crippen molar-refractivity contribution in [1.82, 2.24) is 30.0 Å². The molecule has 2 aliphatic heterocycles. The summed E-state index contributed by atoms with van der Waals surface area (Å²) in [5, 5.41) is 13.7. The van der Waals surface area contributed by atoms with Crippen LogP contribution in [0.3, 0.4) is 0 Å². The summed E-state index contributed by atoms with van der Waals surface area (Å²) >= 11 is 0. The Bertz CT molecular complexity index is 157. The van der Waals surface area contributed by atoms with Crippen molar-refractivity contribution in [2.24, 2.45) is 0 Å². The van der Waals surface area contributed by atoms with Crippen molar-refractivity contribution in [1.29, 1.82) is 0 Å². The molecule has 2 aliphatic rings. The lowest BCUT2D eigenvalue weighted by atomic mass is 9.28. The Morgan fingerprint density at radius 1 is 0.714 bits per heavy atom. The Kier molecular flexibility index (Phi) is 3.64. The first kappa shape index (κ1) is 10.7. The SMILES string of the molecule is CN1BNB(B2NBN(C)BN2)NB1. The lowest BCUT2D eigenvalue weighted by Gasteiger charge is -2.35. The standard InChI is InChI=1S/C2H14B6N6/c1-13-3-9-7(10-4-13)8-11-5-14(2)6-12-8/h3-6,9-12H,1-2H3. The van der Waals surface area contributed by atoms with Crippen molar-refractivity contribution in [3.8, 4) is 0 Å². The Labute approximate surface area is 88.7 Å². The van der Waals surface area contributed by atoms with E-state index >= 15 is 0 Å². The molecule has 0 aliphatic carbocycles. The van der Waals surface area contributed by atoms with Gasteiger partial charge in [0, 0.05) is 0 Å². The number of hydrogen-bond donors (Lipinski definition) is 4. The molecule has 14 heavy (non-hydrogen) atoms. The highest BCUT2D eigenvalue weighted by atomic mass is 15.2. The zero-order valence-corrected chi connectivity index (χ0v) is 8.88. The van der Waals surface area contributed by atoms with Gasteiger partial charge in [0.15, 0.2) is 0 Å². The molecule has 0 bridgehead atoms. The summed E-state index contributed by atoms with van der Waals surface area (Å²) in [4.78, 5) is 0. The van der Waals surface area contributed by atoms with E-state index in [1.54, 1.807) is 0 Å². The fourth-order valence-corrected chi connectivity index (χ4v) is 1.74. The number of hydrogen-bond acceptors (Lipinski definition) is 6. The van der Waals surface area contributed by atoms with Crippen molar-refractivity contribution in [2.75, 3.05) is 14.1 Å². The van der Waals surface area contributed by atoms with Crippen LogP contribution in [0.2, 0.25) is 0 Å². The second-order valence-corrected chi connectivity index (χ2v) is 4.12. The average Bonchev–Trinajstić information content (AvgIpc) is 2.21. The van der Waals surface area contributed by atoms with Gasteiger partial charge in [-0.2, -0.15) is 0 Å². The molecule has 0 saturated carbocycles. The van der Waals surface area contributed by atoms with Crippen LogP contribution in [0.15, 0.2) is 0 Å². The van der Waals surface area contributed by atoms with Crippen molar-refractivity contribution >= 4 is 43.9 Å². The minimum absolute atomic E-state index is 0.319. The Morgan fingerprint density at radius 3 is 1.29 bits per heavy atom. The molecule has 0 aromatic rings. The molecule has 2 heterocycles. The first-order chi connectivity index (χ1) is 6.75. The van der Waals surface area contributed by atoms with Crippen molar-refractivity contribution in [3.63, 3.8) is 0 Å². The Hall–Kier alpha value is 0.150. The van der Waals surface area contributed by atoms with Gasteiger partial charge in [0.2, 0.25) is 0 Å². The highest BCUT2D eigenvalue weighted by Crippen LogP contribution is 1.87. The number of nitrogens with zero attached hydrogens (tertiary/aromatic N) is 2. The van der Waals surface area contributed by atoms with Gasteiger partial charge >= 0.3 is 0 Å².